The van der Waals surface area contributed by atoms with Crippen LogP contribution in [0.2, 0.25) is 0 Å². The van der Waals surface area contributed by atoms with Gasteiger partial charge in [-0.05, 0) is 37.7 Å². The summed E-state index contributed by atoms with van der Waals surface area (Å²) in [6, 6.07) is 7.75. The fraction of sp³-hybridized carbons (Fsp3) is 0.600. The van der Waals surface area contributed by atoms with Crippen LogP contribution in [0.5, 0.6) is 5.75 Å². The zero-order chi connectivity index (χ0) is 22.4. The standard InChI is InChI=1S/C18H26N2O3.C2HF3O2/c1-19-7-6-18(12-19)13-20(8-9-23-14-18)17(21)11-15-4-3-5-16(10-15)22-2;3-2(4,5)1(6)7/h3-5,10H,6-9,11-14H2,1-2H3;(H,6,7). The summed E-state index contributed by atoms with van der Waals surface area (Å²) in [6.07, 6.45) is -3.56. The molecule has 2 aliphatic rings. The van der Waals surface area contributed by atoms with E-state index in [4.69, 9.17) is 19.4 Å². The number of ether oxygens (including phenoxy) is 2. The highest BCUT2D eigenvalue weighted by atomic mass is 19.4. The zero-order valence-electron chi connectivity index (χ0n) is 17.1. The Labute approximate surface area is 173 Å². The van der Waals surface area contributed by atoms with Crippen molar-refractivity contribution in [1.82, 2.24) is 9.80 Å². The van der Waals surface area contributed by atoms with Crippen molar-refractivity contribution in [2.75, 3.05) is 53.6 Å². The fourth-order valence-corrected chi connectivity index (χ4v) is 3.68. The first kappa shape index (κ1) is 23.9. The van der Waals surface area contributed by atoms with Crippen molar-refractivity contribution in [1.29, 1.82) is 0 Å². The molecule has 0 saturated carbocycles. The molecule has 0 bridgehead atoms. The fourth-order valence-electron chi connectivity index (χ4n) is 3.68. The maximum absolute atomic E-state index is 12.8. The molecule has 1 unspecified atom stereocenters. The van der Waals surface area contributed by atoms with Crippen molar-refractivity contribution in [3.8, 4) is 5.75 Å². The summed E-state index contributed by atoms with van der Waals surface area (Å²) in [5, 5.41) is 7.12. The lowest BCUT2D eigenvalue weighted by molar-refractivity contribution is -0.192. The van der Waals surface area contributed by atoms with Crippen LogP contribution in [-0.2, 0) is 20.7 Å². The highest BCUT2D eigenvalue weighted by Gasteiger charge is 2.41. The molecule has 1 N–H and O–H groups in total. The average Bonchev–Trinajstić information content (AvgIpc) is 2.91. The number of benzene rings is 1. The van der Waals surface area contributed by atoms with Crippen molar-refractivity contribution < 1.29 is 37.3 Å². The number of amides is 1. The van der Waals surface area contributed by atoms with Gasteiger partial charge in [0.25, 0.3) is 0 Å². The Kier molecular flexibility index (Phi) is 8.08. The van der Waals surface area contributed by atoms with Gasteiger partial charge in [0.05, 0.1) is 26.7 Å². The van der Waals surface area contributed by atoms with Crippen LogP contribution in [0, 0.1) is 5.41 Å². The monoisotopic (exact) mass is 432 g/mol. The minimum absolute atomic E-state index is 0.106. The molecule has 10 heteroatoms. The van der Waals surface area contributed by atoms with Crippen LogP contribution in [0.4, 0.5) is 13.2 Å². The largest absolute Gasteiger partial charge is 0.497 e. The van der Waals surface area contributed by atoms with Crippen molar-refractivity contribution >= 4 is 11.9 Å². The number of hydrogen-bond donors (Lipinski definition) is 1. The Balaban J connectivity index is 0.000000396. The van der Waals surface area contributed by atoms with Crippen molar-refractivity contribution in [3.63, 3.8) is 0 Å². The number of alkyl halides is 3. The van der Waals surface area contributed by atoms with Crippen LogP contribution in [0.3, 0.4) is 0 Å². The molecule has 1 amide bonds. The third-order valence-electron chi connectivity index (χ3n) is 5.15. The van der Waals surface area contributed by atoms with Crippen LogP contribution in [0.1, 0.15) is 12.0 Å². The molecule has 1 aromatic carbocycles. The van der Waals surface area contributed by atoms with E-state index in [-0.39, 0.29) is 11.3 Å². The topological polar surface area (TPSA) is 79.3 Å². The third-order valence-corrected chi connectivity index (χ3v) is 5.15. The first-order valence-electron chi connectivity index (χ1n) is 9.52. The quantitative estimate of drug-likeness (QED) is 0.788. The lowest BCUT2D eigenvalue weighted by atomic mass is 9.87. The second-order valence-electron chi connectivity index (χ2n) is 7.69. The Morgan fingerprint density at radius 1 is 1.27 bits per heavy atom. The summed E-state index contributed by atoms with van der Waals surface area (Å²) in [6.45, 7) is 4.99. The van der Waals surface area contributed by atoms with Gasteiger partial charge in [-0.1, -0.05) is 12.1 Å². The summed E-state index contributed by atoms with van der Waals surface area (Å²) >= 11 is 0. The number of hydrogen-bond acceptors (Lipinski definition) is 5. The van der Waals surface area contributed by atoms with E-state index >= 15 is 0 Å². The normalized spacial score (nSPS) is 22.2. The molecule has 1 aromatic rings. The maximum Gasteiger partial charge on any atom is 0.490 e. The van der Waals surface area contributed by atoms with Crippen LogP contribution < -0.4 is 4.74 Å². The number of aliphatic carboxylic acids is 1. The van der Waals surface area contributed by atoms with E-state index in [1.807, 2.05) is 29.2 Å². The summed E-state index contributed by atoms with van der Waals surface area (Å²) in [7, 11) is 3.79. The molecular weight excluding hydrogens is 405 g/mol. The maximum atomic E-state index is 12.8. The van der Waals surface area contributed by atoms with Gasteiger partial charge < -0.3 is 24.4 Å². The minimum atomic E-state index is -5.08. The molecule has 2 aliphatic heterocycles. The van der Waals surface area contributed by atoms with Gasteiger partial charge in [0.2, 0.25) is 5.91 Å². The number of rotatable bonds is 3. The molecular formula is C20H27F3N2O5. The molecule has 2 saturated heterocycles. The number of carboxylic acids is 1. The van der Waals surface area contributed by atoms with E-state index in [1.54, 1.807) is 7.11 Å². The van der Waals surface area contributed by atoms with Crippen LogP contribution in [-0.4, -0.2) is 86.5 Å². The third kappa shape index (κ3) is 6.88. The summed E-state index contributed by atoms with van der Waals surface area (Å²) < 4.78 is 42.8. The number of halogens is 3. The molecule has 2 heterocycles. The van der Waals surface area contributed by atoms with Crippen LogP contribution >= 0.6 is 0 Å². The molecule has 2 fully saturated rings. The average molecular weight is 432 g/mol. The molecule has 30 heavy (non-hydrogen) atoms. The Morgan fingerprint density at radius 2 is 1.97 bits per heavy atom. The van der Waals surface area contributed by atoms with Gasteiger partial charge in [0, 0.05) is 25.0 Å². The predicted molar refractivity (Wildman–Crippen MR) is 102 cm³/mol. The summed E-state index contributed by atoms with van der Waals surface area (Å²) in [4.78, 5) is 26.0. The van der Waals surface area contributed by atoms with Crippen molar-refractivity contribution in [3.05, 3.63) is 29.8 Å². The molecule has 168 valence electrons. The predicted octanol–water partition coefficient (Wildman–Crippen LogP) is 2.05. The number of likely N-dealkylation sites (tertiary alicyclic amines) is 1. The molecule has 3 rings (SSSR count). The minimum Gasteiger partial charge on any atom is -0.497 e. The summed E-state index contributed by atoms with van der Waals surface area (Å²) in [5.74, 6) is -1.78. The zero-order valence-corrected chi connectivity index (χ0v) is 17.1. The number of carbonyl (C=O) groups is 2. The molecule has 1 spiro atoms. The van der Waals surface area contributed by atoms with E-state index in [2.05, 4.69) is 11.9 Å². The number of carbonyl (C=O) groups excluding carboxylic acids is 1. The van der Waals surface area contributed by atoms with Gasteiger partial charge in [-0.25, -0.2) is 4.79 Å². The number of nitrogens with zero attached hydrogens (tertiary/aromatic N) is 2. The van der Waals surface area contributed by atoms with Gasteiger partial charge >= 0.3 is 12.1 Å². The smallest absolute Gasteiger partial charge is 0.490 e. The van der Waals surface area contributed by atoms with Gasteiger partial charge in [-0.15, -0.1) is 0 Å². The lowest BCUT2D eigenvalue weighted by Crippen LogP contribution is -2.43. The van der Waals surface area contributed by atoms with E-state index < -0.39 is 12.1 Å². The highest BCUT2D eigenvalue weighted by Crippen LogP contribution is 2.32. The van der Waals surface area contributed by atoms with Gasteiger partial charge in [0.1, 0.15) is 5.75 Å². The van der Waals surface area contributed by atoms with Crippen LogP contribution in [0.25, 0.3) is 0 Å². The highest BCUT2D eigenvalue weighted by molar-refractivity contribution is 5.79. The first-order valence-corrected chi connectivity index (χ1v) is 9.52. The van der Waals surface area contributed by atoms with E-state index in [0.717, 1.165) is 44.0 Å². The summed E-state index contributed by atoms with van der Waals surface area (Å²) in [5.41, 5.74) is 1.10. The Morgan fingerprint density at radius 3 is 2.53 bits per heavy atom. The lowest BCUT2D eigenvalue weighted by Gasteiger charge is -2.31. The molecule has 0 radical (unpaired) electrons. The second-order valence-corrected chi connectivity index (χ2v) is 7.69. The van der Waals surface area contributed by atoms with E-state index in [1.165, 1.54) is 0 Å². The number of methoxy groups -OCH3 is 1. The SMILES string of the molecule is COc1cccc(CC(=O)N2CCOCC3(CCN(C)C3)C2)c1.O=C(O)C(F)(F)F. The molecule has 0 aromatic heterocycles. The molecule has 0 aliphatic carbocycles. The second kappa shape index (κ2) is 10.1. The number of carboxylic acid groups (broad SMARTS) is 1. The van der Waals surface area contributed by atoms with Crippen molar-refractivity contribution in [2.45, 2.75) is 19.0 Å². The first-order chi connectivity index (χ1) is 14.0. The van der Waals surface area contributed by atoms with Gasteiger partial charge in [0.15, 0.2) is 0 Å². The Hall–Kier alpha value is -2.33. The molecule has 7 nitrogen and oxygen atoms in total. The Bertz CT molecular complexity index is 743. The van der Waals surface area contributed by atoms with Crippen LogP contribution in [0.15, 0.2) is 24.3 Å². The van der Waals surface area contributed by atoms with E-state index in [0.29, 0.717) is 19.6 Å². The van der Waals surface area contributed by atoms with Gasteiger partial charge in [-0.2, -0.15) is 13.2 Å². The van der Waals surface area contributed by atoms with Crippen molar-refractivity contribution in [2.24, 2.45) is 5.41 Å². The molecule has 1 atom stereocenters. The van der Waals surface area contributed by atoms with Gasteiger partial charge in [-0.3, -0.25) is 4.79 Å². The van der Waals surface area contributed by atoms with E-state index in [9.17, 15) is 18.0 Å².